The molecule has 0 saturated carbocycles. The van der Waals surface area contributed by atoms with Gasteiger partial charge in [-0.05, 0) is 36.6 Å². The molecule has 0 spiro atoms. The summed E-state index contributed by atoms with van der Waals surface area (Å²) in [7, 11) is 3.10. The van der Waals surface area contributed by atoms with Crippen LogP contribution in [-0.4, -0.2) is 67.4 Å². The van der Waals surface area contributed by atoms with Gasteiger partial charge in [-0.15, -0.1) is 0 Å². The van der Waals surface area contributed by atoms with Crippen molar-refractivity contribution in [1.82, 2.24) is 15.1 Å². The van der Waals surface area contributed by atoms with E-state index in [2.05, 4.69) is 5.32 Å². The summed E-state index contributed by atoms with van der Waals surface area (Å²) in [4.78, 5) is 41.7. The summed E-state index contributed by atoms with van der Waals surface area (Å²) in [5.74, 6) is 0.635. The van der Waals surface area contributed by atoms with Gasteiger partial charge in [-0.2, -0.15) is 0 Å². The summed E-state index contributed by atoms with van der Waals surface area (Å²) in [5.41, 5.74) is 1.60. The minimum Gasteiger partial charge on any atom is -0.493 e. The number of nitrogens with zero attached hydrogens (tertiary/aromatic N) is 2. The highest BCUT2D eigenvalue weighted by Gasteiger charge is 2.35. The average molecular weight is 466 g/mol. The molecular formula is C26H31N3O5. The standard InChI is InChI=1S/C26H31N3O5/c1-33-22-9-8-19(14-23(22)34-2)26(32)28-12-10-21(11-13-28)27-25(31)20-15-24(30)29(17-20)16-18-6-4-3-5-7-18/h3-9,14,20-21H,10-13,15-17H2,1-2H3,(H,27,31). The van der Waals surface area contributed by atoms with Gasteiger partial charge in [0.25, 0.3) is 5.91 Å². The molecule has 34 heavy (non-hydrogen) atoms. The lowest BCUT2D eigenvalue weighted by Gasteiger charge is -2.33. The lowest BCUT2D eigenvalue weighted by atomic mass is 10.0. The third-order valence-electron chi connectivity index (χ3n) is 6.56. The molecule has 3 amide bonds. The van der Waals surface area contributed by atoms with E-state index in [1.807, 2.05) is 30.3 Å². The van der Waals surface area contributed by atoms with E-state index in [1.54, 1.807) is 42.2 Å². The summed E-state index contributed by atoms with van der Waals surface area (Å²) in [5, 5.41) is 3.11. The number of hydrogen-bond acceptors (Lipinski definition) is 5. The second-order valence-electron chi connectivity index (χ2n) is 8.81. The molecule has 2 aromatic rings. The normalized spacial score (nSPS) is 18.6. The number of likely N-dealkylation sites (tertiary alicyclic amines) is 2. The fraction of sp³-hybridized carbons (Fsp3) is 0.423. The molecule has 2 heterocycles. The van der Waals surface area contributed by atoms with Gasteiger partial charge >= 0.3 is 0 Å². The molecule has 0 radical (unpaired) electrons. The second kappa shape index (κ2) is 10.6. The third kappa shape index (κ3) is 5.32. The van der Waals surface area contributed by atoms with E-state index in [9.17, 15) is 14.4 Å². The van der Waals surface area contributed by atoms with Crippen LogP contribution in [0.3, 0.4) is 0 Å². The van der Waals surface area contributed by atoms with Crippen molar-refractivity contribution in [3.63, 3.8) is 0 Å². The first kappa shape index (κ1) is 23.6. The number of amides is 3. The van der Waals surface area contributed by atoms with Crippen molar-refractivity contribution in [3.05, 3.63) is 59.7 Å². The Bertz CT molecular complexity index is 1030. The van der Waals surface area contributed by atoms with Gasteiger partial charge in [0.15, 0.2) is 11.5 Å². The molecular weight excluding hydrogens is 434 g/mol. The van der Waals surface area contributed by atoms with Crippen LogP contribution in [0, 0.1) is 5.92 Å². The van der Waals surface area contributed by atoms with E-state index < -0.39 is 0 Å². The molecule has 2 aliphatic rings. The highest BCUT2D eigenvalue weighted by Crippen LogP contribution is 2.28. The Balaban J connectivity index is 1.26. The molecule has 0 aliphatic carbocycles. The third-order valence-corrected chi connectivity index (χ3v) is 6.56. The first-order valence-electron chi connectivity index (χ1n) is 11.6. The molecule has 2 fully saturated rings. The van der Waals surface area contributed by atoms with E-state index in [4.69, 9.17) is 9.47 Å². The van der Waals surface area contributed by atoms with E-state index in [0.29, 0.717) is 56.1 Å². The van der Waals surface area contributed by atoms with Crippen molar-refractivity contribution in [2.45, 2.75) is 31.8 Å². The predicted octanol–water partition coefficient (Wildman–Crippen LogP) is 2.47. The fourth-order valence-electron chi connectivity index (χ4n) is 4.60. The highest BCUT2D eigenvalue weighted by molar-refractivity contribution is 5.95. The minimum atomic E-state index is -0.331. The van der Waals surface area contributed by atoms with Gasteiger partial charge in [0.2, 0.25) is 11.8 Å². The van der Waals surface area contributed by atoms with Gasteiger partial charge in [-0.3, -0.25) is 14.4 Å². The molecule has 0 bridgehead atoms. The van der Waals surface area contributed by atoms with Crippen molar-refractivity contribution < 1.29 is 23.9 Å². The monoisotopic (exact) mass is 465 g/mol. The minimum absolute atomic E-state index is 0.000212. The Morgan fingerprint density at radius 1 is 1.00 bits per heavy atom. The molecule has 2 aliphatic heterocycles. The van der Waals surface area contributed by atoms with Crippen LogP contribution in [0.5, 0.6) is 11.5 Å². The first-order chi connectivity index (χ1) is 16.5. The van der Waals surface area contributed by atoms with Crippen molar-refractivity contribution in [1.29, 1.82) is 0 Å². The number of rotatable bonds is 7. The van der Waals surface area contributed by atoms with Gasteiger partial charge in [-0.25, -0.2) is 0 Å². The van der Waals surface area contributed by atoms with Crippen molar-refractivity contribution in [3.8, 4) is 11.5 Å². The van der Waals surface area contributed by atoms with Crippen LogP contribution >= 0.6 is 0 Å². The van der Waals surface area contributed by atoms with Gasteiger partial charge in [0.05, 0.1) is 20.1 Å². The first-order valence-corrected chi connectivity index (χ1v) is 11.6. The van der Waals surface area contributed by atoms with E-state index in [1.165, 1.54) is 0 Å². The number of methoxy groups -OCH3 is 2. The number of ether oxygens (including phenoxy) is 2. The largest absolute Gasteiger partial charge is 0.493 e. The van der Waals surface area contributed by atoms with Crippen LogP contribution in [0.25, 0.3) is 0 Å². The summed E-state index contributed by atoms with van der Waals surface area (Å²) in [6.07, 6.45) is 1.60. The van der Waals surface area contributed by atoms with E-state index in [0.717, 1.165) is 5.56 Å². The summed E-state index contributed by atoms with van der Waals surface area (Å²) < 4.78 is 10.5. The Morgan fingerprint density at radius 2 is 1.71 bits per heavy atom. The maximum Gasteiger partial charge on any atom is 0.253 e. The fourth-order valence-corrected chi connectivity index (χ4v) is 4.60. The maximum absolute atomic E-state index is 12.9. The quantitative estimate of drug-likeness (QED) is 0.679. The predicted molar refractivity (Wildman–Crippen MR) is 127 cm³/mol. The van der Waals surface area contributed by atoms with Crippen LogP contribution in [-0.2, 0) is 16.1 Å². The molecule has 180 valence electrons. The van der Waals surface area contributed by atoms with Crippen molar-refractivity contribution >= 4 is 17.7 Å². The Labute approximate surface area is 199 Å². The molecule has 4 rings (SSSR count). The lowest BCUT2D eigenvalue weighted by molar-refractivity contribution is -0.129. The topological polar surface area (TPSA) is 88.2 Å². The Kier molecular flexibility index (Phi) is 7.35. The lowest BCUT2D eigenvalue weighted by Crippen LogP contribution is -2.48. The van der Waals surface area contributed by atoms with Crippen molar-refractivity contribution in [2.75, 3.05) is 33.9 Å². The Hall–Kier alpha value is -3.55. The molecule has 8 heteroatoms. The Morgan fingerprint density at radius 3 is 2.38 bits per heavy atom. The molecule has 1 N–H and O–H groups in total. The molecule has 1 atom stereocenters. The summed E-state index contributed by atoms with van der Waals surface area (Å²) in [6.45, 7) is 2.08. The van der Waals surface area contributed by atoms with Crippen LogP contribution in [0.4, 0.5) is 0 Å². The van der Waals surface area contributed by atoms with E-state index >= 15 is 0 Å². The second-order valence-corrected chi connectivity index (χ2v) is 8.81. The highest BCUT2D eigenvalue weighted by atomic mass is 16.5. The molecule has 1 unspecified atom stereocenters. The van der Waals surface area contributed by atoms with Crippen LogP contribution < -0.4 is 14.8 Å². The summed E-state index contributed by atoms with van der Waals surface area (Å²) in [6, 6.07) is 14.9. The summed E-state index contributed by atoms with van der Waals surface area (Å²) >= 11 is 0. The van der Waals surface area contributed by atoms with Crippen molar-refractivity contribution in [2.24, 2.45) is 5.92 Å². The number of carbonyl (C=O) groups excluding carboxylic acids is 3. The smallest absolute Gasteiger partial charge is 0.253 e. The number of hydrogen-bond donors (Lipinski definition) is 1. The number of piperidine rings is 1. The van der Waals surface area contributed by atoms with Gasteiger partial charge in [0, 0.05) is 44.2 Å². The SMILES string of the molecule is COc1ccc(C(=O)N2CCC(NC(=O)C3CC(=O)N(Cc4ccccc4)C3)CC2)cc1OC. The molecule has 0 aromatic heterocycles. The average Bonchev–Trinajstić information content (AvgIpc) is 3.24. The number of nitrogens with one attached hydrogen (secondary N) is 1. The zero-order chi connectivity index (χ0) is 24.1. The van der Waals surface area contributed by atoms with Crippen LogP contribution in [0.1, 0.15) is 35.2 Å². The van der Waals surface area contributed by atoms with E-state index in [-0.39, 0.29) is 36.1 Å². The van der Waals surface area contributed by atoms with Crippen LogP contribution in [0.2, 0.25) is 0 Å². The molecule has 2 aromatic carbocycles. The molecule has 8 nitrogen and oxygen atoms in total. The van der Waals surface area contributed by atoms with Crippen LogP contribution in [0.15, 0.2) is 48.5 Å². The molecule has 2 saturated heterocycles. The zero-order valence-electron chi connectivity index (χ0n) is 19.7. The van der Waals surface area contributed by atoms with Gasteiger partial charge in [0.1, 0.15) is 0 Å². The number of benzene rings is 2. The number of carbonyl (C=O) groups is 3. The van der Waals surface area contributed by atoms with Gasteiger partial charge < -0.3 is 24.6 Å². The maximum atomic E-state index is 12.9. The zero-order valence-corrected chi connectivity index (χ0v) is 19.7. The van der Waals surface area contributed by atoms with Gasteiger partial charge in [-0.1, -0.05) is 30.3 Å².